The fourth-order valence-corrected chi connectivity index (χ4v) is 1.77. The van der Waals surface area contributed by atoms with Gasteiger partial charge in [-0.1, -0.05) is 18.2 Å². The number of benzene rings is 1. The third-order valence-corrected chi connectivity index (χ3v) is 2.71. The summed E-state index contributed by atoms with van der Waals surface area (Å²) in [5.74, 6) is 0.324. The maximum absolute atomic E-state index is 9.40. The molecule has 1 aromatic carbocycles. The van der Waals surface area contributed by atoms with Crippen molar-refractivity contribution in [2.75, 3.05) is 0 Å². The van der Waals surface area contributed by atoms with Gasteiger partial charge in [0, 0.05) is 12.1 Å². The van der Waals surface area contributed by atoms with Gasteiger partial charge in [-0.15, -0.1) is 6.58 Å². The van der Waals surface area contributed by atoms with Gasteiger partial charge in [0.2, 0.25) is 0 Å². The van der Waals surface area contributed by atoms with Crippen molar-refractivity contribution in [2.24, 2.45) is 0 Å². The van der Waals surface area contributed by atoms with E-state index in [4.69, 9.17) is 0 Å². The fourth-order valence-electron chi connectivity index (χ4n) is 1.77. The maximum Gasteiger partial charge on any atom is 0.115 e. The summed E-state index contributed by atoms with van der Waals surface area (Å²) in [4.78, 5) is 0. The van der Waals surface area contributed by atoms with Gasteiger partial charge in [0.05, 0.1) is 0 Å². The second-order valence-electron chi connectivity index (χ2n) is 4.25. The smallest absolute Gasteiger partial charge is 0.115 e. The lowest BCUT2D eigenvalue weighted by Gasteiger charge is -2.20. The Morgan fingerprint density at radius 2 is 2.19 bits per heavy atom. The molecule has 2 nitrogen and oxygen atoms in total. The van der Waals surface area contributed by atoms with Crippen LogP contribution in [0.2, 0.25) is 0 Å². The van der Waals surface area contributed by atoms with Crippen LogP contribution in [0.4, 0.5) is 0 Å². The molecule has 0 amide bonds. The third kappa shape index (κ3) is 4.07. The number of phenols is 1. The Balaban J connectivity index is 2.51. The maximum atomic E-state index is 9.40. The Labute approximate surface area is 98.0 Å². The largest absolute Gasteiger partial charge is 0.508 e. The van der Waals surface area contributed by atoms with Gasteiger partial charge in [-0.2, -0.15) is 0 Å². The van der Waals surface area contributed by atoms with E-state index < -0.39 is 0 Å². The van der Waals surface area contributed by atoms with Gasteiger partial charge in [0.15, 0.2) is 0 Å². The molecule has 2 N–H and O–H groups in total. The summed E-state index contributed by atoms with van der Waals surface area (Å²) < 4.78 is 0. The summed E-state index contributed by atoms with van der Waals surface area (Å²) in [6.45, 7) is 8.00. The normalized spacial score (nSPS) is 14.4. The molecule has 16 heavy (non-hydrogen) atoms. The monoisotopic (exact) mass is 219 g/mol. The molecule has 1 aromatic rings. The van der Waals surface area contributed by atoms with Crippen molar-refractivity contribution >= 4 is 0 Å². The molecule has 2 heteroatoms. The van der Waals surface area contributed by atoms with Crippen LogP contribution < -0.4 is 5.32 Å². The summed E-state index contributed by atoms with van der Waals surface area (Å²) in [6.07, 6.45) is 4.06. The third-order valence-electron chi connectivity index (χ3n) is 2.71. The number of nitrogens with one attached hydrogen (secondary N) is 1. The highest BCUT2D eigenvalue weighted by molar-refractivity contribution is 5.29. The molecule has 0 spiro atoms. The highest BCUT2D eigenvalue weighted by Crippen LogP contribution is 2.18. The Morgan fingerprint density at radius 1 is 1.44 bits per heavy atom. The number of phenolic OH excluding ortho intramolecular Hbond substituents is 1. The molecule has 0 aliphatic heterocycles. The molecule has 0 fully saturated rings. The van der Waals surface area contributed by atoms with Gasteiger partial charge >= 0.3 is 0 Å². The average Bonchev–Trinajstić information content (AvgIpc) is 2.26. The lowest BCUT2D eigenvalue weighted by atomic mass is 10.1. The molecule has 2 unspecified atom stereocenters. The summed E-state index contributed by atoms with van der Waals surface area (Å²) >= 11 is 0. The summed E-state index contributed by atoms with van der Waals surface area (Å²) in [5.41, 5.74) is 1.12. The molecule has 0 aliphatic carbocycles. The van der Waals surface area contributed by atoms with Crippen LogP contribution in [-0.4, -0.2) is 11.1 Å². The quantitative estimate of drug-likeness (QED) is 0.719. The number of aromatic hydroxyl groups is 1. The van der Waals surface area contributed by atoms with Gasteiger partial charge in [0.25, 0.3) is 0 Å². The van der Waals surface area contributed by atoms with Crippen molar-refractivity contribution in [1.29, 1.82) is 0 Å². The van der Waals surface area contributed by atoms with Crippen LogP contribution in [0.25, 0.3) is 0 Å². The van der Waals surface area contributed by atoms with Crippen LogP contribution >= 0.6 is 0 Å². The average molecular weight is 219 g/mol. The second kappa shape index (κ2) is 6.33. The van der Waals surface area contributed by atoms with Crippen LogP contribution in [0, 0.1) is 0 Å². The van der Waals surface area contributed by atoms with E-state index in [1.54, 1.807) is 12.1 Å². The molecular weight excluding hydrogens is 198 g/mol. The van der Waals surface area contributed by atoms with Crippen LogP contribution in [0.15, 0.2) is 36.9 Å². The van der Waals surface area contributed by atoms with Gasteiger partial charge in [-0.25, -0.2) is 0 Å². The van der Waals surface area contributed by atoms with Gasteiger partial charge in [0.1, 0.15) is 5.75 Å². The number of rotatable bonds is 6. The van der Waals surface area contributed by atoms with E-state index in [0.717, 1.165) is 18.4 Å². The van der Waals surface area contributed by atoms with E-state index in [0.29, 0.717) is 11.8 Å². The minimum Gasteiger partial charge on any atom is -0.508 e. The summed E-state index contributed by atoms with van der Waals surface area (Å²) in [7, 11) is 0. The van der Waals surface area contributed by atoms with Crippen LogP contribution in [0.5, 0.6) is 5.75 Å². The Morgan fingerprint density at radius 3 is 2.81 bits per heavy atom. The van der Waals surface area contributed by atoms with Gasteiger partial charge in [-0.3, -0.25) is 0 Å². The molecular formula is C14H21NO. The number of allylic oxidation sites excluding steroid dienone is 1. The van der Waals surface area contributed by atoms with Gasteiger partial charge in [-0.05, 0) is 44.4 Å². The molecule has 0 aliphatic rings. The zero-order valence-corrected chi connectivity index (χ0v) is 10.1. The number of hydrogen-bond donors (Lipinski definition) is 2. The topological polar surface area (TPSA) is 32.3 Å². The zero-order valence-electron chi connectivity index (χ0n) is 10.1. The lowest BCUT2D eigenvalue weighted by Crippen LogP contribution is -2.28. The highest BCUT2D eigenvalue weighted by atomic mass is 16.3. The van der Waals surface area contributed by atoms with E-state index in [1.165, 1.54) is 0 Å². The molecule has 0 bridgehead atoms. The van der Waals surface area contributed by atoms with Crippen LogP contribution in [-0.2, 0) is 0 Å². The SMILES string of the molecule is C=CCCC(C)NC(C)c1cccc(O)c1. The highest BCUT2D eigenvalue weighted by Gasteiger charge is 2.08. The van der Waals surface area contributed by atoms with Crippen molar-refractivity contribution in [3.63, 3.8) is 0 Å². The molecule has 0 saturated heterocycles. The Hall–Kier alpha value is -1.28. The number of hydrogen-bond acceptors (Lipinski definition) is 2. The summed E-state index contributed by atoms with van der Waals surface area (Å²) in [5, 5.41) is 12.9. The minimum absolute atomic E-state index is 0.256. The lowest BCUT2D eigenvalue weighted by molar-refractivity contribution is 0.451. The molecule has 2 atom stereocenters. The molecule has 1 rings (SSSR count). The van der Waals surface area contributed by atoms with E-state index >= 15 is 0 Å². The predicted octanol–water partition coefficient (Wildman–Crippen LogP) is 3.40. The van der Waals surface area contributed by atoms with E-state index in [9.17, 15) is 5.11 Å². The van der Waals surface area contributed by atoms with Crippen molar-refractivity contribution in [3.8, 4) is 5.75 Å². The van der Waals surface area contributed by atoms with E-state index in [1.807, 2.05) is 18.2 Å². The predicted molar refractivity (Wildman–Crippen MR) is 68.6 cm³/mol. The van der Waals surface area contributed by atoms with E-state index in [2.05, 4.69) is 25.7 Å². The van der Waals surface area contributed by atoms with E-state index in [-0.39, 0.29) is 6.04 Å². The molecule has 0 saturated carbocycles. The zero-order chi connectivity index (χ0) is 12.0. The van der Waals surface area contributed by atoms with Crippen molar-refractivity contribution < 1.29 is 5.11 Å². The van der Waals surface area contributed by atoms with Crippen molar-refractivity contribution in [3.05, 3.63) is 42.5 Å². The Kier molecular flexibility index (Phi) is 5.06. The first kappa shape index (κ1) is 12.8. The van der Waals surface area contributed by atoms with Crippen LogP contribution in [0.3, 0.4) is 0 Å². The molecule has 88 valence electrons. The first-order chi connectivity index (χ1) is 7.63. The van der Waals surface area contributed by atoms with Gasteiger partial charge < -0.3 is 10.4 Å². The minimum atomic E-state index is 0.256. The molecule has 0 aromatic heterocycles. The summed E-state index contributed by atoms with van der Waals surface area (Å²) in [6, 6.07) is 8.10. The van der Waals surface area contributed by atoms with Crippen molar-refractivity contribution in [2.45, 2.75) is 38.8 Å². The first-order valence-electron chi connectivity index (χ1n) is 5.79. The molecule has 0 radical (unpaired) electrons. The molecule has 0 heterocycles. The van der Waals surface area contributed by atoms with Crippen molar-refractivity contribution in [1.82, 2.24) is 5.32 Å². The standard InChI is InChI=1S/C14H21NO/c1-4-5-7-11(2)15-12(3)13-8-6-9-14(16)10-13/h4,6,8-12,15-16H,1,5,7H2,2-3H3. The Bertz CT molecular complexity index is 335. The fraction of sp³-hybridized carbons (Fsp3) is 0.429. The first-order valence-corrected chi connectivity index (χ1v) is 5.79. The second-order valence-corrected chi connectivity index (χ2v) is 4.25. The van der Waals surface area contributed by atoms with Crippen LogP contribution in [0.1, 0.15) is 38.3 Å².